The molecule has 1 heterocycles. The Balaban J connectivity index is 2.25. The molecule has 0 radical (unpaired) electrons. The number of para-hydroxylation sites is 1. The van der Waals surface area contributed by atoms with Gasteiger partial charge in [-0.2, -0.15) is 0 Å². The van der Waals surface area contributed by atoms with Crippen LogP contribution in [0.25, 0.3) is 5.69 Å². The van der Waals surface area contributed by atoms with Crippen molar-refractivity contribution in [1.29, 1.82) is 0 Å². The van der Waals surface area contributed by atoms with Crippen LogP contribution in [-0.4, -0.2) is 29.8 Å². The van der Waals surface area contributed by atoms with Crippen molar-refractivity contribution in [2.24, 2.45) is 5.92 Å². The summed E-state index contributed by atoms with van der Waals surface area (Å²) in [7, 11) is 1.73. The summed E-state index contributed by atoms with van der Waals surface area (Å²) in [5, 5.41) is 3.40. The SMILES string of the molecule is COCCc1ccccc1-n1ccnc1NCC(C)C. The van der Waals surface area contributed by atoms with Crippen molar-refractivity contribution in [2.75, 3.05) is 25.6 Å². The van der Waals surface area contributed by atoms with Gasteiger partial charge in [0.25, 0.3) is 0 Å². The van der Waals surface area contributed by atoms with E-state index in [4.69, 9.17) is 4.74 Å². The molecule has 0 fully saturated rings. The third-order valence-corrected chi connectivity index (χ3v) is 3.14. The number of methoxy groups -OCH3 is 1. The number of ether oxygens (including phenoxy) is 1. The molecule has 0 aliphatic rings. The van der Waals surface area contributed by atoms with E-state index in [0.29, 0.717) is 5.92 Å². The van der Waals surface area contributed by atoms with Gasteiger partial charge in [-0.3, -0.25) is 4.57 Å². The Kier molecular flexibility index (Phi) is 5.18. The summed E-state index contributed by atoms with van der Waals surface area (Å²) in [5.41, 5.74) is 2.42. The van der Waals surface area contributed by atoms with E-state index in [-0.39, 0.29) is 0 Å². The van der Waals surface area contributed by atoms with Gasteiger partial charge in [0.05, 0.1) is 12.3 Å². The molecular weight excluding hydrogens is 250 g/mol. The molecule has 0 aliphatic heterocycles. The van der Waals surface area contributed by atoms with E-state index in [1.807, 2.05) is 12.4 Å². The molecule has 1 aromatic heterocycles. The molecule has 4 heteroatoms. The standard InChI is InChI=1S/C16H23N3O/c1-13(2)12-18-16-17-9-10-19(16)15-7-5-4-6-14(15)8-11-20-3/h4-7,9-10,13H,8,11-12H2,1-3H3,(H,17,18). The second-order valence-corrected chi connectivity index (χ2v) is 5.27. The summed E-state index contributed by atoms with van der Waals surface area (Å²) >= 11 is 0. The van der Waals surface area contributed by atoms with Gasteiger partial charge in [-0.05, 0) is 24.0 Å². The average molecular weight is 273 g/mol. The Morgan fingerprint density at radius 3 is 2.85 bits per heavy atom. The number of anilines is 1. The van der Waals surface area contributed by atoms with Crippen LogP contribution in [0.15, 0.2) is 36.7 Å². The number of hydrogen-bond acceptors (Lipinski definition) is 3. The molecule has 0 amide bonds. The maximum atomic E-state index is 5.19. The molecule has 0 bridgehead atoms. The molecule has 2 rings (SSSR count). The maximum Gasteiger partial charge on any atom is 0.207 e. The van der Waals surface area contributed by atoms with Crippen molar-refractivity contribution in [3.05, 3.63) is 42.2 Å². The van der Waals surface area contributed by atoms with Crippen molar-refractivity contribution >= 4 is 5.95 Å². The number of nitrogens with one attached hydrogen (secondary N) is 1. The number of imidazole rings is 1. The molecule has 0 saturated carbocycles. The van der Waals surface area contributed by atoms with E-state index in [1.165, 1.54) is 5.56 Å². The van der Waals surface area contributed by atoms with Gasteiger partial charge in [0, 0.05) is 26.0 Å². The number of rotatable bonds is 7. The van der Waals surface area contributed by atoms with Crippen LogP contribution in [0.2, 0.25) is 0 Å². The number of hydrogen-bond donors (Lipinski definition) is 1. The molecule has 1 N–H and O–H groups in total. The summed E-state index contributed by atoms with van der Waals surface area (Å²) in [5.74, 6) is 1.48. The van der Waals surface area contributed by atoms with Gasteiger partial charge in [0.2, 0.25) is 5.95 Å². The smallest absolute Gasteiger partial charge is 0.207 e. The van der Waals surface area contributed by atoms with Crippen LogP contribution in [-0.2, 0) is 11.2 Å². The van der Waals surface area contributed by atoms with Gasteiger partial charge in [-0.1, -0.05) is 32.0 Å². The molecule has 4 nitrogen and oxygen atoms in total. The van der Waals surface area contributed by atoms with Gasteiger partial charge in [0.1, 0.15) is 0 Å². The first-order chi connectivity index (χ1) is 9.72. The van der Waals surface area contributed by atoms with Crippen molar-refractivity contribution < 1.29 is 4.74 Å². The summed E-state index contributed by atoms with van der Waals surface area (Å²) < 4.78 is 7.29. The van der Waals surface area contributed by atoms with Crippen molar-refractivity contribution in [1.82, 2.24) is 9.55 Å². The predicted octanol–water partition coefficient (Wildman–Crippen LogP) is 3.13. The molecule has 0 aliphatic carbocycles. The van der Waals surface area contributed by atoms with Gasteiger partial charge >= 0.3 is 0 Å². The molecule has 0 unspecified atom stereocenters. The first-order valence-electron chi connectivity index (χ1n) is 7.06. The first kappa shape index (κ1) is 14.6. The fourth-order valence-electron chi connectivity index (χ4n) is 2.09. The fourth-order valence-corrected chi connectivity index (χ4v) is 2.09. The molecule has 0 saturated heterocycles. The lowest BCUT2D eigenvalue weighted by Crippen LogP contribution is -2.13. The van der Waals surface area contributed by atoms with E-state index in [2.05, 4.69) is 53.0 Å². The Hall–Kier alpha value is -1.81. The zero-order valence-corrected chi connectivity index (χ0v) is 12.5. The summed E-state index contributed by atoms with van der Waals surface area (Å²) in [6, 6.07) is 8.37. The van der Waals surface area contributed by atoms with E-state index >= 15 is 0 Å². The lowest BCUT2D eigenvalue weighted by molar-refractivity contribution is 0.202. The lowest BCUT2D eigenvalue weighted by atomic mass is 10.1. The largest absolute Gasteiger partial charge is 0.384 e. The van der Waals surface area contributed by atoms with Crippen LogP contribution in [0.1, 0.15) is 19.4 Å². The van der Waals surface area contributed by atoms with Gasteiger partial charge in [-0.25, -0.2) is 4.98 Å². The highest BCUT2D eigenvalue weighted by atomic mass is 16.5. The van der Waals surface area contributed by atoms with Crippen molar-refractivity contribution in [3.63, 3.8) is 0 Å². The number of aromatic nitrogens is 2. The molecular formula is C16H23N3O. The molecule has 20 heavy (non-hydrogen) atoms. The normalized spacial score (nSPS) is 11.0. The van der Waals surface area contributed by atoms with Crippen LogP contribution in [0, 0.1) is 5.92 Å². The molecule has 2 aromatic rings. The summed E-state index contributed by atoms with van der Waals surface area (Å²) in [6.07, 6.45) is 4.72. The van der Waals surface area contributed by atoms with E-state index in [0.717, 1.165) is 31.2 Å². The maximum absolute atomic E-state index is 5.19. The second kappa shape index (κ2) is 7.10. The topological polar surface area (TPSA) is 39.1 Å². The number of benzene rings is 1. The van der Waals surface area contributed by atoms with Crippen LogP contribution in [0.4, 0.5) is 5.95 Å². The zero-order valence-electron chi connectivity index (χ0n) is 12.5. The zero-order chi connectivity index (χ0) is 14.4. The van der Waals surface area contributed by atoms with Crippen LogP contribution in [0.5, 0.6) is 0 Å². The first-order valence-corrected chi connectivity index (χ1v) is 7.06. The quantitative estimate of drug-likeness (QED) is 0.842. The minimum atomic E-state index is 0.587. The van der Waals surface area contributed by atoms with Crippen LogP contribution in [0.3, 0.4) is 0 Å². The van der Waals surface area contributed by atoms with Crippen LogP contribution < -0.4 is 5.32 Å². The Bertz CT molecular complexity index is 534. The van der Waals surface area contributed by atoms with Gasteiger partial charge in [0.15, 0.2) is 0 Å². The lowest BCUT2D eigenvalue weighted by Gasteiger charge is -2.14. The van der Waals surface area contributed by atoms with Crippen molar-refractivity contribution in [3.8, 4) is 5.69 Å². The molecule has 108 valence electrons. The highest BCUT2D eigenvalue weighted by Crippen LogP contribution is 2.19. The highest BCUT2D eigenvalue weighted by Gasteiger charge is 2.09. The average Bonchev–Trinajstić information content (AvgIpc) is 2.91. The highest BCUT2D eigenvalue weighted by molar-refractivity contribution is 5.47. The van der Waals surface area contributed by atoms with E-state index in [9.17, 15) is 0 Å². The minimum Gasteiger partial charge on any atom is -0.384 e. The van der Waals surface area contributed by atoms with Crippen molar-refractivity contribution in [2.45, 2.75) is 20.3 Å². The molecule has 0 spiro atoms. The predicted molar refractivity (Wildman–Crippen MR) is 82.5 cm³/mol. The monoisotopic (exact) mass is 273 g/mol. The molecule has 0 atom stereocenters. The van der Waals surface area contributed by atoms with Gasteiger partial charge < -0.3 is 10.1 Å². The van der Waals surface area contributed by atoms with E-state index < -0.39 is 0 Å². The Labute approximate surface area is 120 Å². The third kappa shape index (κ3) is 3.61. The fraction of sp³-hybridized carbons (Fsp3) is 0.438. The number of nitrogens with zero attached hydrogens (tertiary/aromatic N) is 2. The minimum absolute atomic E-state index is 0.587. The Morgan fingerprint density at radius 2 is 2.10 bits per heavy atom. The van der Waals surface area contributed by atoms with Gasteiger partial charge in [-0.15, -0.1) is 0 Å². The van der Waals surface area contributed by atoms with Crippen LogP contribution >= 0.6 is 0 Å². The molecule has 1 aromatic carbocycles. The summed E-state index contributed by atoms with van der Waals surface area (Å²) in [4.78, 5) is 4.41. The summed E-state index contributed by atoms with van der Waals surface area (Å²) in [6.45, 7) is 6.01. The Morgan fingerprint density at radius 1 is 1.30 bits per heavy atom. The van der Waals surface area contributed by atoms with E-state index in [1.54, 1.807) is 7.11 Å². The second-order valence-electron chi connectivity index (χ2n) is 5.27. The third-order valence-electron chi connectivity index (χ3n) is 3.14.